The first-order chi connectivity index (χ1) is 11.7. The molecule has 0 aromatic rings. The van der Waals surface area contributed by atoms with Gasteiger partial charge in [-0.05, 0) is 45.1 Å². The number of azo groups is 1. The van der Waals surface area contributed by atoms with Gasteiger partial charge in [-0.2, -0.15) is 10.2 Å². The minimum absolute atomic E-state index is 0. The molecule has 0 bridgehead atoms. The summed E-state index contributed by atoms with van der Waals surface area (Å²) in [7, 11) is 0. The molecule has 2 aliphatic carbocycles. The van der Waals surface area contributed by atoms with E-state index in [0.29, 0.717) is 6.04 Å². The number of hydrogen-bond acceptors (Lipinski definition) is 5. The molecule has 3 rings (SSSR count). The van der Waals surface area contributed by atoms with Crippen molar-refractivity contribution >= 4 is 0 Å². The summed E-state index contributed by atoms with van der Waals surface area (Å²) in [6.45, 7) is 4.90. The van der Waals surface area contributed by atoms with E-state index in [2.05, 4.69) is 22.1 Å². The van der Waals surface area contributed by atoms with Crippen molar-refractivity contribution in [1.29, 1.82) is 0 Å². The van der Waals surface area contributed by atoms with Gasteiger partial charge in [0.25, 0.3) is 0 Å². The third-order valence-corrected chi connectivity index (χ3v) is 5.38. The minimum atomic E-state index is -0.321. The van der Waals surface area contributed by atoms with Gasteiger partial charge in [0.2, 0.25) is 0 Å². The van der Waals surface area contributed by atoms with Gasteiger partial charge in [0.1, 0.15) is 0 Å². The number of aliphatic hydroxyl groups excluding tert-OH is 2. The molecule has 0 radical (unpaired) electrons. The Kier molecular flexibility index (Phi) is 11.8. The SMILES string of the molecule is C=CC1CCCCN1.OC1CCCCC1N=NC1CCCCC1O.[Ni]. The molecule has 2 saturated carbocycles. The Labute approximate surface area is 162 Å². The molecule has 0 aromatic carbocycles. The summed E-state index contributed by atoms with van der Waals surface area (Å²) in [6, 6.07) is 0.550. The molecular formula is C19H35N3NiO2. The molecule has 0 amide bonds. The van der Waals surface area contributed by atoms with E-state index in [-0.39, 0.29) is 40.8 Å². The maximum atomic E-state index is 9.75. The Hall–Kier alpha value is -0.286. The van der Waals surface area contributed by atoms with E-state index >= 15 is 0 Å². The minimum Gasteiger partial charge on any atom is -0.391 e. The maximum Gasteiger partial charge on any atom is 0.0966 e. The first-order valence-corrected chi connectivity index (χ1v) is 9.82. The van der Waals surface area contributed by atoms with Crippen LogP contribution in [-0.2, 0) is 16.5 Å². The second kappa shape index (κ2) is 13.0. The van der Waals surface area contributed by atoms with Crippen molar-refractivity contribution in [2.24, 2.45) is 10.2 Å². The third-order valence-electron chi connectivity index (χ3n) is 5.38. The van der Waals surface area contributed by atoms with E-state index < -0.39 is 0 Å². The van der Waals surface area contributed by atoms with Crippen LogP contribution in [0.1, 0.15) is 70.6 Å². The number of nitrogens with zero attached hydrogens (tertiary/aromatic N) is 2. The van der Waals surface area contributed by atoms with Crippen LogP contribution in [0.2, 0.25) is 0 Å². The maximum absolute atomic E-state index is 9.75. The zero-order valence-corrected chi connectivity index (χ0v) is 16.2. The Balaban J connectivity index is 0.000000295. The Morgan fingerprint density at radius 1 is 0.760 bits per heavy atom. The van der Waals surface area contributed by atoms with Crippen LogP contribution in [0.15, 0.2) is 22.9 Å². The monoisotopic (exact) mass is 395 g/mol. The second-order valence-electron chi connectivity index (χ2n) is 7.36. The second-order valence-corrected chi connectivity index (χ2v) is 7.36. The van der Waals surface area contributed by atoms with Crippen LogP contribution in [-0.4, -0.2) is 47.1 Å². The fourth-order valence-electron chi connectivity index (χ4n) is 3.70. The van der Waals surface area contributed by atoms with Crippen molar-refractivity contribution in [3.63, 3.8) is 0 Å². The summed E-state index contributed by atoms with van der Waals surface area (Å²) in [5.74, 6) is 0. The smallest absolute Gasteiger partial charge is 0.0966 e. The van der Waals surface area contributed by atoms with Gasteiger partial charge in [-0.1, -0.05) is 38.2 Å². The molecule has 1 aliphatic heterocycles. The van der Waals surface area contributed by atoms with Gasteiger partial charge in [0.05, 0.1) is 24.3 Å². The van der Waals surface area contributed by atoms with E-state index in [1.54, 1.807) is 0 Å². The van der Waals surface area contributed by atoms with Crippen molar-refractivity contribution in [2.45, 2.75) is 101 Å². The topological polar surface area (TPSA) is 77.2 Å². The molecule has 5 nitrogen and oxygen atoms in total. The molecule has 3 aliphatic rings. The third kappa shape index (κ3) is 8.29. The molecule has 0 aromatic heterocycles. The summed E-state index contributed by atoms with van der Waals surface area (Å²) in [5.41, 5.74) is 0. The Morgan fingerprint density at radius 2 is 1.24 bits per heavy atom. The molecule has 1 saturated heterocycles. The molecule has 6 heteroatoms. The first kappa shape index (κ1) is 22.8. The first-order valence-electron chi connectivity index (χ1n) is 9.82. The van der Waals surface area contributed by atoms with E-state index in [0.717, 1.165) is 51.4 Å². The predicted molar refractivity (Wildman–Crippen MR) is 97.2 cm³/mol. The predicted octanol–water partition coefficient (Wildman–Crippen LogP) is 3.36. The summed E-state index contributed by atoms with van der Waals surface area (Å²) in [5, 5.41) is 31.4. The van der Waals surface area contributed by atoms with Crippen LogP contribution in [0.3, 0.4) is 0 Å². The molecule has 3 fully saturated rings. The van der Waals surface area contributed by atoms with Gasteiger partial charge >= 0.3 is 0 Å². The zero-order valence-electron chi connectivity index (χ0n) is 15.3. The average Bonchev–Trinajstić information content (AvgIpc) is 2.63. The van der Waals surface area contributed by atoms with Crippen molar-refractivity contribution < 1.29 is 26.7 Å². The standard InChI is InChI=1S/C12H22N2O2.C7H13N.Ni/c15-11-7-3-1-5-9(11)13-14-10-6-2-4-8-12(10)16;1-2-7-5-3-4-6-8-7;/h9-12,15-16H,1-8H2;2,7-8H,1,3-6H2;. The fraction of sp³-hybridized carbons (Fsp3) is 0.895. The Bertz CT molecular complexity index is 365. The molecule has 5 unspecified atom stereocenters. The van der Waals surface area contributed by atoms with Crippen LogP contribution in [0.25, 0.3) is 0 Å². The van der Waals surface area contributed by atoms with Crippen LogP contribution in [0.5, 0.6) is 0 Å². The van der Waals surface area contributed by atoms with Gasteiger partial charge in [0.15, 0.2) is 0 Å². The molecule has 25 heavy (non-hydrogen) atoms. The van der Waals surface area contributed by atoms with Gasteiger partial charge in [-0.15, -0.1) is 6.58 Å². The largest absolute Gasteiger partial charge is 0.391 e. The number of piperidine rings is 1. The van der Waals surface area contributed by atoms with Crippen molar-refractivity contribution in [3.8, 4) is 0 Å². The number of hydrogen-bond donors (Lipinski definition) is 3. The van der Waals surface area contributed by atoms with E-state index in [1.807, 2.05) is 6.08 Å². The summed E-state index contributed by atoms with van der Waals surface area (Å²) in [4.78, 5) is 0. The van der Waals surface area contributed by atoms with Crippen molar-refractivity contribution in [3.05, 3.63) is 12.7 Å². The van der Waals surface area contributed by atoms with Crippen LogP contribution in [0, 0.1) is 0 Å². The van der Waals surface area contributed by atoms with Gasteiger partial charge in [-0.3, -0.25) is 0 Å². The molecule has 3 N–H and O–H groups in total. The summed E-state index contributed by atoms with van der Waals surface area (Å²) >= 11 is 0. The van der Waals surface area contributed by atoms with Gasteiger partial charge < -0.3 is 15.5 Å². The van der Waals surface area contributed by atoms with Gasteiger partial charge in [-0.25, -0.2) is 0 Å². The summed E-state index contributed by atoms with van der Waals surface area (Å²) in [6.07, 6.45) is 13.4. The molecule has 0 spiro atoms. The van der Waals surface area contributed by atoms with Crippen LogP contribution in [0.4, 0.5) is 0 Å². The number of nitrogens with one attached hydrogen (secondary N) is 1. The zero-order chi connectivity index (χ0) is 17.2. The normalized spacial score (nSPS) is 36.0. The number of aliphatic hydroxyl groups is 2. The van der Waals surface area contributed by atoms with Gasteiger partial charge in [0, 0.05) is 22.5 Å². The van der Waals surface area contributed by atoms with E-state index in [9.17, 15) is 10.2 Å². The van der Waals surface area contributed by atoms with Crippen LogP contribution < -0.4 is 5.32 Å². The van der Waals surface area contributed by atoms with E-state index in [4.69, 9.17) is 0 Å². The molecule has 1 heterocycles. The molecule has 5 atom stereocenters. The fourth-order valence-corrected chi connectivity index (χ4v) is 3.70. The van der Waals surface area contributed by atoms with Crippen LogP contribution >= 0.6 is 0 Å². The Morgan fingerprint density at radius 3 is 1.60 bits per heavy atom. The average molecular weight is 396 g/mol. The molecular weight excluding hydrogens is 361 g/mol. The quantitative estimate of drug-likeness (QED) is 0.389. The van der Waals surface area contributed by atoms with Crippen molar-refractivity contribution in [2.75, 3.05) is 6.54 Å². The molecule has 148 valence electrons. The summed E-state index contributed by atoms with van der Waals surface area (Å²) < 4.78 is 0. The van der Waals surface area contributed by atoms with E-state index in [1.165, 1.54) is 25.8 Å². The van der Waals surface area contributed by atoms with Crippen molar-refractivity contribution in [1.82, 2.24) is 5.32 Å². The number of rotatable bonds is 3.